The number of carbonyl (C=O) groups excluding carboxylic acids is 4. The number of nitrogens with zero attached hydrogens (tertiary/aromatic N) is 1. The first-order chi connectivity index (χ1) is 9.71. The van der Waals surface area contributed by atoms with Crippen LogP contribution in [0, 0.1) is 5.41 Å². The molecule has 118 valence electrons. The highest BCUT2D eigenvalue weighted by Gasteiger charge is 2.53. The Morgan fingerprint density at radius 1 is 1.05 bits per heavy atom. The van der Waals surface area contributed by atoms with Gasteiger partial charge in [-0.3, -0.25) is 9.59 Å². The molecular formula is C14H21NO6. The molecule has 0 radical (unpaired) electrons. The molecule has 0 aromatic heterocycles. The summed E-state index contributed by atoms with van der Waals surface area (Å²) in [6.45, 7) is 5.08. The highest BCUT2D eigenvalue weighted by atomic mass is 16.5. The number of esters is 2. The third-order valence-corrected chi connectivity index (χ3v) is 3.99. The van der Waals surface area contributed by atoms with Crippen LogP contribution in [-0.4, -0.2) is 54.8 Å². The summed E-state index contributed by atoms with van der Waals surface area (Å²) in [5.41, 5.74) is -0.853. The van der Waals surface area contributed by atoms with E-state index in [1.165, 1.54) is 14.2 Å². The molecule has 21 heavy (non-hydrogen) atoms. The Kier molecular flexibility index (Phi) is 5.09. The second-order valence-corrected chi connectivity index (χ2v) is 5.59. The predicted octanol–water partition coefficient (Wildman–Crippen LogP) is 0.307. The average Bonchev–Trinajstić information content (AvgIpc) is 2.44. The third-order valence-electron chi connectivity index (χ3n) is 3.99. The van der Waals surface area contributed by atoms with E-state index in [-0.39, 0.29) is 6.42 Å². The predicted molar refractivity (Wildman–Crippen MR) is 72.2 cm³/mol. The van der Waals surface area contributed by atoms with Crippen LogP contribution in [0.2, 0.25) is 0 Å². The number of likely N-dealkylation sites (tertiary alicyclic amines) is 1. The molecule has 7 heteroatoms. The summed E-state index contributed by atoms with van der Waals surface area (Å²) < 4.78 is 9.18. The summed E-state index contributed by atoms with van der Waals surface area (Å²) in [5, 5.41) is 0. The van der Waals surface area contributed by atoms with Gasteiger partial charge in [0.15, 0.2) is 0 Å². The van der Waals surface area contributed by atoms with Gasteiger partial charge in [0.05, 0.1) is 14.2 Å². The maximum Gasteiger partial charge on any atom is 0.328 e. The summed E-state index contributed by atoms with van der Waals surface area (Å²) in [6, 6.07) is -1.83. The Bertz CT molecular complexity index is 448. The standard InChI is InChI=1S/C14H21NO6/c1-6-14(2,3)10(16)11(17)15-8(12(18)20-4)7-9(15)13(19)21-5/h8-9H,6-7H2,1-5H3/t8-,9-/m0/s1. The van der Waals surface area contributed by atoms with E-state index in [1.807, 2.05) is 0 Å². The van der Waals surface area contributed by atoms with Crippen molar-refractivity contribution in [2.45, 2.75) is 45.7 Å². The Morgan fingerprint density at radius 2 is 1.48 bits per heavy atom. The van der Waals surface area contributed by atoms with Crippen molar-refractivity contribution in [2.75, 3.05) is 14.2 Å². The zero-order valence-electron chi connectivity index (χ0n) is 13.0. The van der Waals surface area contributed by atoms with Crippen LogP contribution in [0.25, 0.3) is 0 Å². The molecule has 1 aliphatic heterocycles. The maximum absolute atomic E-state index is 12.4. The largest absolute Gasteiger partial charge is 0.467 e. The number of ketones is 1. The molecule has 2 atom stereocenters. The molecule has 1 aliphatic rings. The smallest absolute Gasteiger partial charge is 0.328 e. The highest BCUT2D eigenvalue weighted by molar-refractivity contribution is 6.38. The second-order valence-electron chi connectivity index (χ2n) is 5.59. The number of ether oxygens (including phenoxy) is 2. The molecule has 0 unspecified atom stereocenters. The summed E-state index contributed by atoms with van der Waals surface area (Å²) in [4.78, 5) is 48.8. The first-order valence-corrected chi connectivity index (χ1v) is 6.74. The first kappa shape index (κ1) is 17.1. The van der Waals surface area contributed by atoms with Gasteiger partial charge in [0, 0.05) is 11.8 Å². The van der Waals surface area contributed by atoms with Gasteiger partial charge in [-0.15, -0.1) is 0 Å². The minimum absolute atomic E-state index is 0.102. The summed E-state index contributed by atoms with van der Waals surface area (Å²) in [6.07, 6.45) is 0.572. The van der Waals surface area contributed by atoms with Crippen LogP contribution in [-0.2, 0) is 28.7 Å². The van der Waals surface area contributed by atoms with Crippen LogP contribution in [0.15, 0.2) is 0 Å². The van der Waals surface area contributed by atoms with Crippen molar-refractivity contribution < 1.29 is 28.7 Å². The average molecular weight is 299 g/mol. The summed E-state index contributed by atoms with van der Waals surface area (Å²) in [5.74, 6) is -2.78. The molecule has 1 amide bonds. The van der Waals surface area contributed by atoms with Crippen molar-refractivity contribution in [3.05, 3.63) is 0 Å². The minimum Gasteiger partial charge on any atom is -0.467 e. The normalized spacial score (nSPS) is 21.3. The van der Waals surface area contributed by atoms with Gasteiger partial charge >= 0.3 is 11.9 Å². The van der Waals surface area contributed by atoms with Crippen molar-refractivity contribution in [1.29, 1.82) is 0 Å². The molecule has 1 saturated heterocycles. The number of amides is 1. The van der Waals surface area contributed by atoms with Crippen molar-refractivity contribution in [2.24, 2.45) is 5.41 Å². The topological polar surface area (TPSA) is 90.0 Å². The minimum atomic E-state index is -0.914. The van der Waals surface area contributed by atoms with Crippen LogP contribution in [0.1, 0.15) is 33.6 Å². The Labute approximate surface area is 123 Å². The Hall–Kier alpha value is -1.92. The van der Waals surface area contributed by atoms with Gasteiger partial charge in [-0.2, -0.15) is 0 Å². The van der Waals surface area contributed by atoms with Crippen LogP contribution in [0.3, 0.4) is 0 Å². The van der Waals surface area contributed by atoms with Gasteiger partial charge in [0.2, 0.25) is 5.78 Å². The van der Waals surface area contributed by atoms with E-state index < -0.39 is 41.1 Å². The molecule has 1 fully saturated rings. The Morgan fingerprint density at radius 3 is 1.81 bits per heavy atom. The lowest BCUT2D eigenvalue weighted by atomic mass is 9.82. The van der Waals surface area contributed by atoms with Gasteiger partial charge in [-0.05, 0) is 6.42 Å². The van der Waals surface area contributed by atoms with E-state index in [1.54, 1.807) is 20.8 Å². The molecule has 0 bridgehead atoms. The molecule has 0 aromatic rings. The molecule has 1 rings (SSSR count). The van der Waals surface area contributed by atoms with E-state index in [9.17, 15) is 19.2 Å². The van der Waals surface area contributed by atoms with Crippen molar-refractivity contribution in [1.82, 2.24) is 4.90 Å². The van der Waals surface area contributed by atoms with E-state index in [4.69, 9.17) is 0 Å². The number of hydrogen-bond acceptors (Lipinski definition) is 6. The van der Waals surface area contributed by atoms with Gasteiger partial charge in [0.1, 0.15) is 12.1 Å². The zero-order chi connectivity index (χ0) is 16.4. The number of methoxy groups -OCH3 is 2. The molecule has 0 aliphatic carbocycles. The maximum atomic E-state index is 12.4. The second kappa shape index (κ2) is 6.24. The molecule has 0 saturated carbocycles. The van der Waals surface area contributed by atoms with E-state index in [0.29, 0.717) is 6.42 Å². The summed E-state index contributed by atoms with van der Waals surface area (Å²) in [7, 11) is 2.38. The van der Waals surface area contributed by atoms with E-state index in [0.717, 1.165) is 4.90 Å². The quantitative estimate of drug-likeness (QED) is 0.536. The molecular weight excluding hydrogens is 278 g/mol. The van der Waals surface area contributed by atoms with Gasteiger partial charge in [-0.25, -0.2) is 9.59 Å². The zero-order valence-corrected chi connectivity index (χ0v) is 13.0. The lowest BCUT2D eigenvalue weighted by Crippen LogP contribution is -2.67. The van der Waals surface area contributed by atoms with Crippen LogP contribution in [0.4, 0.5) is 0 Å². The lowest BCUT2D eigenvalue weighted by Gasteiger charge is -2.45. The monoisotopic (exact) mass is 299 g/mol. The SMILES string of the molecule is CCC(C)(C)C(=O)C(=O)N1[C@H](C(=O)OC)C[C@H]1C(=O)OC. The van der Waals surface area contributed by atoms with Gasteiger partial charge in [-0.1, -0.05) is 20.8 Å². The number of carbonyl (C=O) groups is 4. The van der Waals surface area contributed by atoms with E-state index >= 15 is 0 Å². The number of hydrogen-bond donors (Lipinski definition) is 0. The molecule has 7 nitrogen and oxygen atoms in total. The first-order valence-electron chi connectivity index (χ1n) is 6.74. The fourth-order valence-electron chi connectivity index (χ4n) is 2.06. The van der Waals surface area contributed by atoms with Crippen molar-refractivity contribution in [3.8, 4) is 0 Å². The fraction of sp³-hybridized carbons (Fsp3) is 0.714. The molecule has 0 aromatic carbocycles. The lowest BCUT2D eigenvalue weighted by molar-refractivity contribution is -0.177. The molecule has 1 heterocycles. The van der Waals surface area contributed by atoms with Crippen LogP contribution >= 0.6 is 0 Å². The van der Waals surface area contributed by atoms with Gasteiger partial charge < -0.3 is 14.4 Å². The van der Waals surface area contributed by atoms with Crippen molar-refractivity contribution in [3.63, 3.8) is 0 Å². The van der Waals surface area contributed by atoms with Crippen molar-refractivity contribution >= 4 is 23.6 Å². The van der Waals surface area contributed by atoms with Gasteiger partial charge in [0.25, 0.3) is 5.91 Å². The van der Waals surface area contributed by atoms with E-state index in [2.05, 4.69) is 9.47 Å². The van der Waals surface area contributed by atoms with Crippen LogP contribution < -0.4 is 0 Å². The number of Topliss-reactive ketones (excluding diaryl/α,β-unsaturated/α-hetero) is 1. The fourth-order valence-corrected chi connectivity index (χ4v) is 2.06. The van der Waals surface area contributed by atoms with Crippen LogP contribution in [0.5, 0.6) is 0 Å². The Balaban J connectivity index is 3.01. The molecule has 0 spiro atoms. The number of rotatable bonds is 5. The molecule has 0 N–H and O–H groups in total. The highest BCUT2D eigenvalue weighted by Crippen LogP contribution is 2.31. The summed E-state index contributed by atoms with van der Waals surface area (Å²) >= 11 is 0. The third kappa shape index (κ3) is 3.06.